The molecule has 20 heavy (non-hydrogen) atoms. The number of rotatable bonds is 5. The third-order valence-electron chi connectivity index (χ3n) is 3.24. The van der Waals surface area contributed by atoms with Crippen LogP contribution in [-0.4, -0.2) is 17.9 Å². The van der Waals surface area contributed by atoms with E-state index < -0.39 is 0 Å². The number of hydrogen-bond donors (Lipinski definition) is 2. The van der Waals surface area contributed by atoms with E-state index in [9.17, 15) is 4.79 Å². The molecule has 4 heteroatoms. The molecule has 0 bridgehead atoms. The summed E-state index contributed by atoms with van der Waals surface area (Å²) in [5.74, 6) is -0.0597. The van der Waals surface area contributed by atoms with E-state index in [-0.39, 0.29) is 5.91 Å². The first-order valence-electron chi connectivity index (χ1n) is 6.62. The summed E-state index contributed by atoms with van der Waals surface area (Å²) in [6.45, 7) is 3.63. The lowest BCUT2D eigenvalue weighted by Crippen LogP contribution is -2.18. The van der Waals surface area contributed by atoms with Gasteiger partial charge in [0.05, 0.1) is 0 Å². The molecule has 0 radical (unpaired) electrons. The molecule has 0 aliphatic carbocycles. The molecule has 0 aliphatic heterocycles. The Kier molecular flexibility index (Phi) is 4.85. The molecule has 4 nitrogen and oxygen atoms in total. The summed E-state index contributed by atoms with van der Waals surface area (Å²) >= 11 is 0. The van der Waals surface area contributed by atoms with Gasteiger partial charge in [0, 0.05) is 38.1 Å². The van der Waals surface area contributed by atoms with E-state index >= 15 is 0 Å². The zero-order chi connectivity index (χ0) is 14.4. The average Bonchev–Trinajstić information content (AvgIpc) is 2.49. The fraction of sp³-hybridized carbons (Fsp3) is 0.250. The van der Waals surface area contributed by atoms with Gasteiger partial charge in [-0.2, -0.15) is 0 Å². The molecular weight excluding hydrogens is 250 g/mol. The number of benzene rings is 1. The smallest absolute Gasteiger partial charge is 0.251 e. The molecule has 0 aliphatic rings. The van der Waals surface area contributed by atoms with Crippen molar-refractivity contribution in [2.24, 2.45) is 0 Å². The largest absolute Gasteiger partial charge is 0.355 e. The molecule has 1 aromatic carbocycles. The number of amides is 1. The van der Waals surface area contributed by atoms with Crippen molar-refractivity contribution in [1.29, 1.82) is 0 Å². The molecule has 2 N–H and O–H groups in total. The predicted octanol–water partition coefficient (Wildman–Crippen LogP) is 2.04. The number of hydrogen-bond acceptors (Lipinski definition) is 3. The topological polar surface area (TPSA) is 54.0 Å². The number of carbonyl (C=O) groups excluding carboxylic acids is 1. The van der Waals surface area contributed by atoms with Crippen LogP contribution in [0.25, 0.3) is 0 Å². The quantitative estimate of drug-likeness (QED) is 0.873. The second-order valence-corrected chi connectivity index (χ2v) is 4.68. The van der Waals surface area contributed by atoms with Gasteiger partial charge in [-0.1, -0.05) is 12.1 Å². The lowest BCUT2D eigenvalue weighted by atomic mass is 10.1. The normalized spacial score (nSPS) is 10.3. The van der Waals surface area contributed by atoms with Crippen LogP contribution >= 0.6 is 0 Å². The van der Waals surface area contributed by atoms with Crippen LogP contribution in [0.15, 0.2) is 42.7 Å². The zero-order valence-corrected chi connectivity index (χ0v) is 11.8. The molecule has 0 saturated carbocycles. The maximum absolute atomic E-state index is 11.4. The molecule has 0 saturated heterocycles. The maximum atomic E-state index is 11.4. The highest BCUT2D eigenvalue weighted by atomic mass is 16.1. The van der Waals surface area contributed by atoms with Crippen LogP contribution in [0.2, 0.25) is 0 Å². The Labute approximate surface area is 119 Å². The first kappa shape index (κ1) is 14.2. The van der Waals surface area contributed by atoms with Crippen LogP contribution in [0.4, 0.5) is 0 Å². The Morgan fingerprint density at radius 1 is 1.15 bits per heavy atom. The van der Waals surface area contributed by atoms with Crippen LogP contribution in [0.3, 0.4) is 0 Å². The van der Waals surface area contributed by atoms with Crippen LogP contribution in [0, 0.1) is 6.92 Å². The van der Waals surface area contributed by atoms with Crippen LogP contribution in [0.1, 0.15) is 27.0 Å². The first-order valence-corrected chi connectivity index (χ1v) is 6.62. The zero-order valence-electron chi connectivity index (χ0n) is 11.8. The van der Waals surface area contributed by atoms with E-state index in [4.69, 9.17) is 0 Å². The fourth-order valence-corrected chi connectivity index (χ4v) is 1.94. The summed E-state index contributed by atoms with van der Waals surface area (Å²) < 4.78 is 0. The van der Waals surface area contributed by atoms with Crippen molar-refractivity contribution in [2.75, 3.05) is 7.05 Å². The minimum Gasteiger partial charge on any atom is -0.355 e. The molecule has 1 heterocycles. The molecule has 104 valence electrons. The van der Waals surface area contributed by atoms with Gasteiger partial charge in [-0.15, -0.1) is 0 Å². The van der Waals surface area contributed by atoms with Gasteiger partial charge in [-0.05, 0) is 41.8 Å². The van der Waals surface area contributed by atoms with Gasteiger partial charge in [0.2, 0.25) is 0 Å². The van der Waals surface area contributed by atoms with E-state index in [2.05, 4.69) is 22.5 Å². The molecule has 0 atom stereocenters. The first-order chi connectivity index (χ1) is 9.70. The maximum Gasteiger partial charge on any atom is 0.251 e. The third kappa shape index (κ3) is 3.65. The van der Waals surface area contributed by atoms with Gasteiger partial charge in [0.1, 0.15) is 0 Å². The van der Waals surface area contributed by atoms with Crippen LogP contribution < -0.4 is 10.6 Å². The Bertz CT molecular complexity index is 579. The molecule has 2 aromatic rings. The summed E-state index contributed by atoms with van der Waals surface area (Å²) in [5, 5.41) is 5.99. The van der Waals surface area contributed by atoms with Gasteiger partial charge in [-0.3, -0.25) is 9.78 Å². The number of aromatic nitrogens is 1. The average molecular weight is 269 g/mol. The second-order valence-electron chi connectivity index (χ2n) is 4.68. The molecule has 0 spiro atoms. The summed E-state index contributed by atoms with van der Waals surface area (Å²) in [5.41, 5.74) is 4.27. The van der Waals surface area contributed by atoms with E-state index in [0.717, 1.165) is 18.7 Å². The monoisotopic (exact) mass is 269 g/mol. The Morgan fingerprint density at radius 3 is 2.55 bits per heavy atom. The van der Waals surface area contributed by atoms with E-state index in [1.807, 2.05) is 36.5 Å². The second kappa shape index (κ2) is 6.82. The highest BCUT2D eigenvalue weighted by Gasteiger charge is 2.02. The van der Waals surface area contributed by atoms with Gasteiger partial charge in [0.15, 0.2) is 0 Å². The Morgan fingerprint density at radius 2 is 1.90 bits per heavy atom. The summed E-state index contributed by atoms with van der Waals surface area (Å²) in [7, 11) is 1.63. The van der Waals surface area contributed by atoms with Crippen LogP contribution in [-0.2, 0) is 13.1 Å². The molecule has 2 rings (SSSR count). The van der Waals surface area contributed by atoms with Crippen molar-refractivity contribution < 1.29 is 4.79 Å². The molecular formula is C16H19N3O. The Balaban J connectivity index is 1.88. The highest BCUT2D eigenvalue weighted by Crippen LogP contribution is 2.07. The van der Waals surface area contributed by atoms with E-state index in [0.29, 0.717) is 5.56 Å². The summed E-state index contributed by atoms with van der Waals surface area (Å²) in [6.07, 6.45) is 3.69. The molecule has 1 amide bonds. The van der Waals surface area contributed by atoms with Gasteiger partial charge >= 0.3 is 0 Å². The van der Waals surface area contributed by atoms with E-state index in [1.54, 1.807) is 13.2 Å². The van der Waals surface area contributed by atoms with Crippen molar-refractivity contribution in [1.82, 2.24) is 15.6 Å². The predicted molar refractivity (Wildman–Crippen MR) is 79.3 cm³/mol. The van der Waals surface area contributed by atoms with Gasteiger partial charge < -0.3 is 10.6 Å². The van der Waals surface area contributed by atoms with Crippen molar-refractivity contribution in [3.8, 4) is 0 Å². The van der Waals surface area contributed by atoms with Crippen molar-refractivity contribution >= 4 is 5.91 Å². The fourth-order valence-electron chi connectivity index (χ4n) is 1.94. The standard InChI is InChI=1S/C16H19N3O/c1-12-7-8-18-10-15(12)11-19-9-13-3-5-14(6-4-13)16(20)17-2/h3-8,10,19H,9,11H2,1-2H3,(H,17,20). The van der Waals surface area contributed by atoms with Crippen LogP contribution in [0.5, 0.6) is 0 Å². The number of pyridine rings is 1. The number of nitrogens with zero attached hydrogens (tertiary/aromatic N) is 1. The number of nitrogens with one attached hydrogen (secondary N) is 2. The van der Waals surface area contributed by atoms with E-state index in [1.165, 1.54) is 11.1 Å². The third-order valence-corrected chi connectivity index (χ3v) is 3.24. The lowest BCUT2D eigenvalue weighted by molar-refractivity contribution is 0.0963. The molecule has 0 fully saturated rings. The summed E-state index contributed by atoms with van der Waals surface area (Å²) in [4.78, 5) is 15.6. The van der Waals surface area contributed by atoms with Crippen molar-refractivity contribution in [3.05, 3.63) is 65.0 Å². The van der Waals surface area contributed by atoms with Gasteiger partial charge in [0.25, 0.3) is 5.91 Å². The Hall–Kier alpha value is -2.20. The minimum absolute atomic E-state index is 0.0597. The number of aryl methyl sites for hydroxylation is 1. The SMILES string of the molecule is CNC(=O)c1ccc(CNCc2cnccc2C)cc1. The molecule has 0 unspecified atom stereocenters. The molecule has 1 aromatic heterocycles. The van der Waals surface area contributed by atoms with Gasteiger partial charge in [-0.25, -0.2) is 0 Å². The summed E-state index contributed by atoms with van der Waals surface area (Å²) in [6, 6.07) is 9.62. The van der Waals surface area contributed by atoms with Crippen molar-refractivity contribution in [3.63, 3.8) is 0 Å². The van der Waals surface area contributed by atoms with Crippen molar-refractivity contribution in [2.45, 2.75) is 20.0 Å². The minimum atomic E-state index is -0.0597. The lowest BCUT2D eigenvalue weighted by Gasteiger charge is -2.08. The highest BCUT2D eigenvalue weighted by molar-refractivity contribution is 5.93. The number of carbonyl (C=O) groups is 1.